The van der Waals surface area contributed by atoms with E-state index in [1.54, 1.807) is 30.3 Å². The Kier molecular flexibility index (Phi) is 7.10. The molecule has 0 atom stereocenters. The number of thioether (sulfide) groups is 1. The highest BCUT2D eigenvalue weighted by Crippen LogP contribution is 2.38. The second-order valence-corrected chi connectivity index (χ2v) is 8.75. The van der Waals surface area contributed by atoms with Gasteiger partial charge in [-0.3, -0.25) is 14.5 Å². The van der Waals surface area contributed by atoms with Crippen LogP contribution in [0.3, 0.4) is 0 Å². The van der Waals surface area contributed by atoms with Crippen LogP contribution in [0.15, 0.2) is 45.8 Å². The van der Waals surface area contributed by atoms with Crippen molar-refractivity contribution in [2.45, 2.75) is 20.0 Å². The standard InChI is InChI=1S/C20H16BrCl2NO3S/c1-2-7-24-19(25)17(28-20(24)26)10-13-8-15(21)18(16(23)9-13)27-11-12-3-5-14(22)6-4-12/h3-6,8-10H,2,7,11H2,1H3/b17-10+. The monoisotopic (exact) mass is 499 g/mol. The van der Waals surface area contributed by atoms with Crippen LogP contribution in [0.5, 0.6) is 5.75 Å². The van der Waals surface area contributed by atoms with E-state index in [9.17, 15) is 9.59 Å². The summed E-state index contributed by atoms with van der Waals surface area (Å²) < 4.78 is 6.49. The lowest BCUT2D eigenvalue weighted by atomic mass is 10.2. The van der Waals surface area contributed by atoms with Gasteiger partial charge in [-0.15, -0.1) is 0 Å². The number of ether oxygens (including phenoxy) is 1. The molecule has 0 spiro atoms. The molecule has 1 heterocycles. The Morgan fingerprint density at radius 3 is 2.54 bits per heavy atom. The molecule has 4 nitrogen and oxygen atoms in total. The summed E-state index contributed by atoms with van der Waals surface area (Å²) in [6.07, 6.45) is 2.39. The van der Waals surface area contributed by atoms with Gasteiger partial charge < -0.3 is 4.74 Å². The molecule has 0 bridgehead atoms. The predicted molar refractivity (Wildman–Crippen MR) is 118 cm³/mol. The van der Waals surface area contributed by atoms with E-state index in [1.165, 1.54) is 4.90 Å². The van der Waals surface area contributed by atoms with Crippen molar-refractivity contribution in [1.29, 1.82) is 0 Å². The van der Waals surface area contributed by atoms with E-state index in [1.807, 2.05) is 19.1 Å². The number of carbonyl (C=O) groups excluding carboxylic acids is 2. The van der Waals surface area contributed by atoms with Crippen LogP contribution >= 0.6 is 50.9 Å². The minimum Gasteiger partial charge on any atom is -0.486 e. The molecule has 0 N–H and O–H groups in total. The SMILES string of the molecule is CCCN1C(=O)S/C(=C/c2cc(Cl)c(OCc3ccc(Cl)cc3)c(Br)c2)C1=O. The highest BCUT2D eigenvalue weighted by Gasteiger charge is 2.34. The third-order valence-corrected chi connectivity index (χ3v) is 5.96. The van der Waals surface area contributed by atoms with Crippen LogP contribution in [0.2, 0.25) is 10.0 Å². The lowest BCUT2D eigenvalue weighted by molar-refractivity contribution is -0.122. The van der Waals surface area contributed by atoms with Gasteiger partial charge in [0.05, 0.1) is 14.4 Å². The topological polar surface area (TPSA) is 46.6 Å². The first-order valence-electron chi connectivity index (χ1n) is 8.50. The minimum absolute atomic E-state index is 0.244. The van der Waals surface area contributed by atoms with E-state index in [-0.39, 0.29) is 11.1 Å². The number of carbonyl (C=O) groups is 2. The zero-order valence-corrected chi connectivity index (χ0v) is 18.8. The molecule has 1 aliphatic rings. The summed E-state index contributed by atoms with van der Waals surface area (Å²) in [6.45, 7) is 2.68. The minimum atomic E-state index is -0.271. The molecule has 1 aliphatic heterocycles. The summed E-state index contributed by atoms with van der Waals surface area (Å²) in [5, 5.41) is 0.823. The van der Waals surface area contributed by atoms with Crippen LogP contribution in [0.25, 0.3) is 6.08 Å². The van der Waals surface area contributed by atoms with E-state index in [0.717, 1.165) is 23.7 Å². The summed E-state index contributed by atoms with van der Waals surface area (Å²) in [7, 11) is 0. The number of benzene rings is 2. The molecular weight excluding hydrogens is 485 g/mol. The summed E-state index contributed by atoms with van der Waals surface area (Å²) >= 11 is 16.7. The average Bonchev–Trinajstić information content (AvgIpc) is 2.90. The number of hydrogen-bond acceptors (Lipinski definition) is 4. The van der Waals surface area contributed by atoms with Gasteiger partial charge in [0.1, 0.15) is 6.61 Å². The summed E-state index contributed by atoms with van der Waals surface area (Å²) in [5.74, 6) is 0.236. The fourth-order valence-electron chi connectivity index (χ4n) is 2.60. The maximum atomic E-state index is 12.4. The van der Waals surface area contributed by atoms with Gasteiger partial charge >= 0.3 is 0 Å². The first-order valence-corrected chi connectivity index (χ1v) is 10.9. The van der Waals surface area contributed by atoms with Crippen LogP contribution < -0.4 is 4.74 Å². The van der Waals surface area contributed by atoms with Crippen LogP contribution in [0, 0.1) is 0 Å². The number of halogens is 3. The normalized spacial score (nSPS) is 15.6. The van der Waals surface area contributed by atoms with Gasteiger partial charge in [0.15, 0.2) is 5.75 Å². The molecule has 1 fully saturated rings. The Morgan fingerprint density at radius 1 is 1.18 bits per heavy atom. The van der Waals surface area contributed by atoms with Crippen molar-refractivity contribution < 1.29 is 14.3 Å². The van der Waals surface area contributed by atoms with Gasteiger partial charge in [-0.05, 0) is 75.6 Å². The lowest BCUT2D eigenvalue weighted by Gasteiger charge is -2.12. The van der Waals surface area contributed by atoms with Gasteiger partial charge in [-0.1, -0.05) is 42.3 Å². The third-order valence-electron chi connectivity index (χ3n) is 3.94. The van der Waals surface area contributed by atoms with Gasteiger partial charge in [-0.25, -0.2) is 0 Å². The average molecular weight is 501 g/mol. The molecule has 0 aromatic heterocycles. The molecule has 2 amide bonds. The molecule has 146 valence electrons. The number of imide groups is 1. The van der Waals surface area contributed by atoms with Gasteiger partial charge in [0.25, 0.3) is 11.1 Å². The van der Waals surface area contributed by atoms with Crippen molar-refractivity contribution in [3.8, 4) is 5.75 Å². The quantitative estimate of drug-likeness (QED) is 0.410. The molecule has 0 unspecified atom stereocenters. The fraction of sp³-hybridized carbons (Fsp3) is 0.200. The maximum absolute atomic E-state index is 12.4. The predicted octanol–water partition coefficient (Wildman–Crippen LogP) is 6.78. The largest absolute Gasteiger partial charge is 0.486 e. The van der Waals surface area contributed by atoms with Crippen LogP contribution in [0.1, 0.15) is 24.5 Å². The molecule has 2 aromatic rings. The van der Waals surface area contributed by atoms with E-state index in [4.69, 9.17) is 27.9 Å². The van der Waals surface area contributed by atoms with E-state index < -0.39 is 0 Å². The third kappa shape index (κ3) is 4.92. The summed E-state index contributed by atoms with van der Waals surface area (Å²) in [6, 6.07) is 10.9. The van der Waals surface area contributed by atoms with Crippen molar-refractivity contribution in [3.05, 3.63) is 66.9 Å². The fourth-order valence-corrected chi connectivity index (χ4v) is 4.58. The Hall–Kier alpha value is -1.47. The first-order chi connectivity index (χ1) is 13.4. The van der Waals surface area contributed by atoms with Crippen molar-refractivity contribution in [1.82, 2.24) is 4.90 Å². The summed E-state index contributed by atoms with van der Waals surface area (Å²) in [5.41, 5.74) is 1.67. The summed E-state index contributed by atoms with van der Waals surface area (Å²) in [4.78, 5) is 26.0. The van der Waals surface area contributed by atoms with E-state index in [0.29, 0.717) is 43.9 Å². The van der Waals surface area contributed by atoms with Crippen molar-refractivity contribution >= 4 is 68.1 Å². The molecule has 0 aliphatic carbocycles. The van der Waals surface area contributed by atoms with Gasteiger partial charge in [-0.2, -0.15) is 0 Å². The van der Waals surface area contributed by atoms with Crippen molar-refractivity contribution in [2.75, 3.05) is 6.54 Å². The van der Waals surface area contributed by atoms with Crippen molar-refractivity contribution in [2.24, 2.45) is 0 Å². The number of amides is 2. The van der Waals surface area contributed by atoms with Crippen LogP contribution in [-0.2, 0) is 11.4 Å². The zero-order valence-electron chi connectivity index (χ0n) is 14.9. The Bertz CT molecular complexity index is 924. The van der Waals surface area contributed by atoms with Crippen molar-refractivity contribution in [3.63, 3.8) is 0 Å². The van der Waals surface area contributed by atoms with Crippen LogP contribution in [0.4, 0.5) is 4.79 Å². The molecule has 0 radical (unpaired) electrons. The number of hydrogen-bond donors (Lipinski definition) is 0. The zero-order chi connectivity index (χ0) is 20.3. The molecule has 8 heteroatoms. The van der Waals surface area contributed by atoms with Gasteiger partial charge in [0, 0.05) is 11.6 Å². The second-order valence-electron chi connectivity index (χ2n) is 6.06. The Morgan fingerprint density at radius 2 is 1.89 bits per heavy atom. The molecule has 0 saturated carbocycles. The lowest BCUT2D eigenvalue weighted by Crippen LogP contribution is -2.28. The highest BCUT2D eigenvalue weighted by atomic mass is 79.9. The molecule has 2 aromatic carbocycles. The Balaban J connectivity index is 1.77. The maximum Gasteiger partial charge on any atom is 0.293 e. The second kappa shape index (κ2) is 9.35. The molecule has 28 heavy (non-hydrogen) atoms. The highest BCUT2D eigenvalue weighted by molar-refractivity contribution is 9.10. The molecular formula is C20H16BrCl2NO3S. The van der Waals surface area contributed by atoms with Gasteiger partial charge in [0.2, 0.25) is 0 Å². The smallest absolute Gasteiger partial charge is 0.293 e. The molecule has 1 saturated heterocycles. The Labute approximate surface area is 186 Å². The number of nitrogens with zero attached hydrogens (tertiary/aromatic N) is 1. The first kappa shape index (κ1) is 21.2. The molecule has 3 rings (SSSR count). The number of rotatable bonds is 6. The van der Waals surface area contributed by atoms with Crippen LogP contribution in [-0.4, -0.2) is 22.6 Å². The van der Waals surface area contributed by atoms with E-state index >= 15 is 0 Å². The van der Waals surface area contributed by atoms with E-state index in [2.05, 4.69) is 15.9 Å².